The second-order valence-electron chi connectivity index (χ2n) is 6.60. The normalized spacial score (nSPS) is 22.3. The van der Waals surface area contributed by atoms with Gasteiger partial charge in [-0.2, -0.15) is 0 Å². The third-order valence-electron chi connectivity index (χ3n) is 4.69. The largest absolute Gasteiger partial charge is 0.343 e. The number of rotatable bonds is 4. The van der Waals surface area contributed by atoms with Crippen molar-refractivity contribution in [1.29, 1.82) is 0 Å². The lowest BCUT2D eigenvalue weighted by atomic mass is 9.82. The van der Waals surface area contributed by atoms with Crippen LogP contribution in [-0.2, 0) is 11.2 Å². The first kappa shape index (κ1) is 15.9. The first-order valence-corrected chi connectivity index (χ1v) is 8.01. The van der Waals surface area contributed by atoms with E-state index < -0.39 is 0 Å². The van der Waals surface area contributed by atoms with Gasteiger partial charge in [-0.15, -0.1) is 0 Å². The van der Waals surface area contributed by atoms with Gasteiger partial charge in [0.15, 0.2) is 0 Å². The number of carbonyl (C=O) groups is 1. The van der Waals surface area contributed by atoms with Crippen LogP contribution in [0, 0.1) is 5.92 Å². The van der Waals surface area contributed by atoms with Gasteiger partial charge in [0, 0.05) is 31.4 Å². The molecule has 0 spiro atoms. The van der Waals surface area contributed by atoms with Gasteiger partial charge in [-0.25, -0.2) is 9.97 Å². The SMILES string of the molecule is CC(=O)N(C)C1CCC(Cc2cc(C(C)C)ncn2)CC1. The summed E-state index contributed by atoms with van der Waals surface area (Å²) in [5, 5.41) is 0. The Morgan fingerprint density at radius 1 is 1.29 bits per heavy atom. The van der Waals surface area contributed by atoms with Crippen LogP contribution in [0.15, 0.2) is 12.4 Å². The number of aromatic nitrogens is 2. The van der Waals surface area contributed by atoms with Crippen molar-refractivity contribution in [1.82, 2.24) is 14.9 Å². The molecule has 21 heavy (non-hydrogen) atoms. The van der Waals surface area contributed by atoms with Crippen molar-refractivity contribution < 1.29 is 4.79 Å². The molecule has 4 nitrogen and oxygen atoms in total. The smallest absolute Gasteiger partial charge is 0.219 e. The second-order valence-corrected chi connectivity index (χ2v) is 6.60. The fourth-order valence-corrected chi connectivity index (χ4v) is 3.13. The van der Waals surface area contributed by atoms with E-state index in [4.69, 9.17) is 0 Å². The Kier molecular flexibility index (Phi) is 5.32. The Balaban J connectivity index is 1.89. The lowest BCUT2D eigenvalue weighted by Gasteiger charge is -2.34. The minimum atomic E-state index is 0.177. The van der Waals surface area contributed by atoms with Gasteiger partial charge < -0.3 is 4.90 Å². The van der Waals surface area contributed by atoms with Gasteiger partial charge in [0.05, 0.1) is 0 Å². The van der Waals surface area contributed by atoms with Crippen molar-refractivity contribution in [3.63, 3.8) is 0 Å². The minimum absolute atomic E-state index is 0.177. The van der Waals surface area contributed by atoms with Crippen molar-refractivity contribution in [2.75, 3.05) is 7.05 Å². The highest BCUT2D eigenvalue weighted by Gasteiger charge is 2.25. The molecule has 1 aromatic rings. The summed E-state index contributed by atoms with van der Waals surface area (Å²) >= 11 is 0. The van der Waals surface area contributed by atoms with Gasteiger partial charge >= 0.3 is 0 Å². The Bertz CT molecular complexity index is 479. The predicted molar refractivity (Wildman–Crippen MR) is 84.0 cm³/mol. The fourth-order valence-electron chi connectivity index (χ4n) is 3.13. The predicted octanol–water partition coefficient (Wildman–Crippen LogP) is 3.18. The van der Waals surface area contributed by atoms with E-state index in [1.54, 1.807) is 13.3 Å². The molecule has 4 heteroatoms. The molecule has 0 aliphatic heterocycles. The molecule has 1 heterocycles. The third-order valence-corrected chi connectivity index (χ3v) is 4.69. The summed E-state index contributed by atoms with van der Waals surface area (Å²) in [6.07, 6.45) is 7.33. The van der Waals surface area contributed by atoms with Crippen molar-refractivity contribution in [2.24, 2.45) is 5.92 Å². The highest BCUT2D eigenvalue weighted by molar-refractivity contribution is 5.73. The zero-order valence-electron chi connectivity index (χ0n) is 13.7. The quantitative estimate of drug-likeness (QED) is 0.855. The number of hydrogen-bond donors (Lipinski definition) is 0. The number of hydrogen-bond acceptors (Lipinski definition) is 3. The molecule has 0 atom stereocenters. The molecule has 0 radical (unpaired) electrons. The zero-order valence-corrected chi connectivity index (χ0v) is 13.7. The van der Waals surface area contributed by atoms with Gasteiger partial charge in [0.25, 0.3) is 0 Å². The van der Waals surface area contributed by atoms with Gasteiger partial charge in [-0.05, 0) is 50.0 Å². The Hall–Kier alpha value is -1.45. The van der Waals surface area contributed by atoms with E-state index in [1.165, 1.54) is 12.8 Å². The molecule has 2 rings (SSSR count). The summed E-state index contributed by atoms with van der Waals surface area (Å²) in [7, 11) is 1.92. The van der Waals surface area contributed by atoms with Crippen LogP contribution >= 0.6 is 0 Å². The molecule has 1 aliphatic carbocycles. The van der Waals surface area contributed by atoms with Crippen LogP contribution in [0.3, 0.4) is 0 Å². The van der Waals surface area contributed by atoms with Crippen molar-refractivity contribution >= 4 is 5.91 Å². The molecule has 1 saturated carbocycles. The molecule has 0 N–H and O–H groups in total. The van der Waals surface area contributed by atoms with E-state index in [2.05, 4.69) is 29.9 Å². The number of carbonyl (C=O) groups excluding carboxylic acids is 1. The van der Waals surface area contributed by atoms with Crippen LogP contribution in [0.25, 0.3) is 0 Å². The molecule has 0 bridgehead atoms. The fraction of sp³-hybridized carbons (Fsp3) is 0.706. The monoisotopic (exact) mass is 289 g/mol. The van der Waals surface area contributed by atoms with Crippen LogP contribution < -0.4 is 0 Å². The average molecular weight is 289 g/mol. The van der Waals surface area contributed by atoms with E-state index >= 15 is 0 Å². The topological polar surface area (TPSA) is 46.1 Å². The summed E-state index contributed by atoms with van der Waals surface area (Å²) < 4.78 is 0. The summed E-state index contributed by atoms with van der Waals surface area (Å²) in [6, 6.07) is 2.58. The Morgan fingerprint density at radius 3 is 2.52 bits per heavy atom. The third kappa shape index (κ3) is 4.26. The number of amides is 1. The maximum atomic E-state index is 11.4. The van der Waals surface area contributed by atoms with Gasteiger partial charge in [-0.1, -0.05) is 13.8 Å². The lowest BCUT2D eigenvalue weighted by Crippen LogP contribution is -2.38. The number of nitrogens with zero attached hydrogens (tertiary/aromatic N) is 3. The highest BCUT2D eigenvalue weighted by atomic mass is 16.2. The van der Waals surface area contributed by atoms with Crippen LogP contribution in [0.4, 0.5) is 0 Å². The van der Waals surface area contributed by atoms with E-state index in [1.807, 2.05) is 11.9 Å². The molecule has 1 aliphatic rings. The molecule has 1 fully saturated rings. The van der Waals surface area contributed by atoms with Crippen molar-refractivity contribution in [2.45, 2.75) is 64.8 Å². The van der Waals surface area contributed by atoms with Crippen molar-refractivity contribution in [3.8, 4) is 0 Å². The van der Waals surface area contributed by atoms with Gasteiger partial charge in [0.2, 0.25) is 5.91 Å². The van der Waals surface area contributed by atoms with Gasteiger partial charge in [0.1, 0.15) is 6.33 Å². The van der Waals surface area contributed by atoms with Crippen LogP contribution in [0.2, 0.25) is 0 Å². The summed E-state index contributed by atoms with van der Waals surface area (Å²) in [4.78, 5) is 22.1. The molecule has 1 aromatic heterocycles. The standard InChI is InChI=1S/C17H27N3O/c1-12(2)17-10-15(18-11-19-17)9-14-5-7-16(8-6-14)20(4)13(3)21/h10-12,14,16H,5-9H2,1-4H3. The molecule has 0 saturated heterocycles. The van der Waals surface area contributed by atoms with Crippen LogP contribution in [0.5, 0.6) is 0 Å². The molecule has 0 unspecified atom stereocenters. The highest BCUT2D eigenvalue weighted by Crippen LogP contribution is 2.29. The van der Waals surface area contributed by atoms with E-state index in [0.717, 1.165) is 30.7 Å². The zero-order chi connectivity index (χ0) is 15.4. The summed E-state index contributed by atoms with van der Waals surface area (Å²) in [5.74, 6) is 1.32. The van der Waals surface area contributed by atoms with E-state index in [9.17, 15) is 4.79 Å². The molecular formula is C17H27N3O. The molecule has 1 amide bonds. The Morgan fingerprint density at radius 2 is 1.95 bits per heavy atom. The summed E-state index contributed by atoms with van der Waals surface area (Å²) in [6.45, 7) is 5.98. The first-order valence-electron chi connectivity index (χ1n) is 8.01. The molecule has 0 aromatic carbocycles. The maximum absolute atomic E-state index is 11.4. The lowest BCUT2D eigenvalue weighted by molar-refractivity contribution is -0.130. The average Bonchev–Trinajstić information content (AvgIpc) is 2.47. The van der Waals surface area contributed by atoms with Crippen LogP contribution in [0.1, 0.15) is 63.8 Å². The van der Waals surface area contributed by atoms with E-state index in [-0.39, 0.29) is 5.91 Å². The molecule has 116 valence electrons. The Labute approximate surface area is 128 Å². The first-order chi connectivity index (χ1) is 9.97. The second kappa shape index (κ2) is 7.01. The summed E-state index contributed by atoms with van der Waals surface area (Å²) in [5.41, 5.74) is 2.29. The van der Waals surface area contributed by atoms with Crippen molar-refractivity contribution in [3.05, 3.63) is 23.8 Å². The maximum Gasteiger partial charge on any atom is 0.219 e. The minimum Gasteiger partial charge on any atom is -0.343 e. The van der Waals surface area contributed by atoms with Crippen LogP contribution in [-0.4, -0.2) is 33.9 Å². The van der Waals surface area contributed by atoms with E-state index in [0.29, 0.717) is 17.9 Å². The van der Waals surface area contributed by atoms with Gasteiger partial charge in [-0.3, -0.25) is 4.79 Å². The molecular weight excluding hydrogens is 262 g/mol.